The van der Waals surface area contributed by atoms with E-state index in [-0.39, 0.29) is 22.4 Å². The van der Waals surface area contributed by atoms with E-state index < -0.39 is 5.82 Å². The van der Waals surface area contributed by atoms with Crippen LogP contribution in [0.1, 0.15) is 47.5 Å². The highest BCUT2D eigenvalue weighted by molar-refractivity contribution is 6.31. The van der Waals surface area contributed by atoms with Gasteiger partial charge in [0.2, 0.25) is 5.91 Å². The van der Waals surface area contributed by atoms with Gasteiger partial charge in [0.1, 0.15) is 5.82 Å². The fraction of sp³-hybridized carbons (Fsp3) is 0.562. The van der Waals surface area contributed by atoms with Crippen molar-refractivity contribution in [2.24, 2.45) is 5.41 Å². The number of halogens is 2. The van der Waals surface area contributed by atoms with Gasteiger partial charge < -0.3 is 4.90 Å². The largest absolute Gasteiger partial charge is 0.310 e. The van der Waals surface area contributed by atoms with Gasteiger partial charge in [0.25, 0.3) is 0 Å². The zero-order valence-electron chi connectivity index (χ0n) is 12.8. The molecule has 0 aliphatic carbocycles. The second kappa shape index (κ2) is 6.57. The van der Waals surface area contributed by atoms with Crippen LogP contribution >= 0.6 is 11.6 Å². The third-order valence-electron chi connectivity index (χ3n) is 3.16. The van der Waals surface area contributed by atoms with Crippen LogP contribution < -0.4 is 4.90 Å². The molecular formula is C16H23ClFNO. The summed E-state index contributed by atoms with van der Waals surface area (Å²) in [5, 5.41) is 0.0411. The lowest BCUT2D eigenvalue weighted by Crippen LogP contribution is -2.40. The van der Waals surface area contributed by atoms with Crippen LogP contribution in [0.4, 0.5) is 10.1 Å². The van der Waals surface area contributed by atoms with E-state index in [0.717, 1.165) is 6.42 Å². The number of hydrogen-bond donors (Lipinski definition) is 0. The third-order valence-corrected chi connectivity index (χ3v) is 3.45. The normalized spacial score (nSPS) is 13.2. The minimum absolute atomic E-state index is 0.0366. The van der Waals surface area contributed by atoms with Gasteiger partial charge in [0.05, 0.1) is 5.02 Å². The molecule has 0 heterocycles. The first-order valence-electron chi connectivity index (χ1n) is 6.93. The van der Waals surface area contributed by atoms with E-state index in [2.05, 4.69) is 0 Å². The number of carbonyl (C=O) groups excluding carboxylic acids is 1. The molecule has 0 aromatic heterocycles. The Morgan fingerprint density at radius 1 is 1.40 bits per heavy atom. The minimum atomic E-state index is -0.470. The van der Waals surface area contributed by atoms with Crippen molar-refractivity contribution in [2.45, 2.75) is 53.5 Å². The van der Waals surface area contributed by atoms with Crippen LogP contribution in [0.5, 0.6) is 0 Å². The molecule has 0 N–H and O–H groups in total. The molecule has 2 nitrogen and oxygen atoms in total. The van der Waals surface area contributed by atoms with Crippen LogP contribution in [0, 0.1) is 11.2 Å². The maximum Gasteiger partial charge on any atom is 0.227 e. The van der Waals surface area contributed by atoms with E-state index in [1.54, 1.807) is 11.0 Å². The topological polar surface area (TPSA) is 20.3 Å². The summed E-state index contributed by atoms with van der Waals surface area (Å²) >= 11 is 5.83. The van der Waals surface area contributed by atoms with Crippen molar-refractivity contribution in [3.63, 3.8) is 0 Å². The van der Waals surface area contributed by atoms with E-state index in [1.165, 1.54) is 12.1 Å². The molecule has 0 aliphatic heterocycles. The Bertz CT molecular complexity index is 482. The predicted molar refractivity (Wildman–Crippen MR) is 82.7 cm³/mol. The Morgan fingerprint density at radius 3 is 2.45 bits per heavy atom. The van der Waals surface area contributed by atoms with Crippen molar-refractivity contribution in [1.82, 2.24) is 0 Å². The average molecular weight is 300 g/mol. The van der Waals surface area contributed by atoms with Gasteiger partial charge in [0, 0.05) is 18.2 Å². The molecule has 1 atom stereocenters. The Labute approximate surface area is 125 Å². The summed E-state index contributed by atoms with van der Waals surface area (Å²) in [6, 6.07) is 4.47. The predicted octanol–water partition coefficient (Wildman–Crippen LogP) is 5.05. The monoisotopic (exact) mass is 299 g/mol. The fourth-order valence-electron chi connectivity index (χ4n) is 2.00. The van der Waals surface area contributed by atoms with E-state index in [4.69, 9.17) is 11.6 Å². The van der Waals surface area contributed by atoms with Crippen molar-refractivity contribution in [1.29, 1.82) is 0 Å². The van der Waals surface area contributed by atoms with Crippen molar-refractivity contribution in [3.05, 3.63) is 29.0 Å². The Kier molecular flexibility index (Phi) is 5.58. The first kappa shape index (κ1) is 17.0. The zero-order valence-corrected chi connectivity index (χ0v) is 13.6. The molecule has 20 heavy (non-hydrogen) atoms. The second-order valence-corrected chi connectivity index (χ2v) is 6.76. The van der Waals surface area contributed by atoms with Crippen LogP contribution in [0.15, 0.2) is 18.2 Å². The quantitative estimate of drug-likeness (QED) is 0.762. The van der Waals surface area contributed by atoms with Crippen LogP contribution in [0.2, 0.25) is 5.02 Å². The number of hydrogen-bond acceptors (Lipinski definition) is 1. The summed E-state index contributed by atoms with van der Waals surface area (Å²) < 4.78 is 13.3. The van der Waals surface area contributed by atoms with Crippen LogP contribution in [0.25, 0.3) is 0 Å². The lowest BCUT2D eigenvalue weighted by Gasteiger charge is -2.31. The summed E-state index contributed by atoms with van der Waals surface area (Å²) in [5.41, 5.74) is 0.562. The summed E-state index contributed by atoms with van der Waals surface area (Å²) in [6.07, 6.45) is 1.26. The van der Waals surface area contributed by atoms with Crippen molar-refractivity contribution < 1.29 is 9.18 Å². The Hall–Kier alpha value is -1.09. The zero-order chi connectivity index (χ0) is 15.5. The molecule has 4 heteroatoms. The second-order valence-electron chi connectivity index (χ2n) is 6.36. The molecule has 0 saturated heterocycles. The number of benzene rings is 1. The van der Waals surface area contributed by atoms with Crippen LogP contribution in [0.3, 0.4) is 0 Å². The molecule has 0 bridgehead atoms. The first-order chi connectivity index (χ1) is 9.15. The molecule has 112 valence electrons. The van der Waals surface area contributed by atoms with Crippen LogP contribution in [-0.4, -0.2) is 11.9 Å². The standard InChI is InChI=1S/C16H23ClFNO/c1-6-11(2)19(15(20)10-16(3,4)5)12-7-8-14(18)13(17)9-12/h7-9,11H,6,10H2,1-5H3. The molecule has 1 aromatic carbocycles. The number of nitrogens with zero attached hydrogens (tertiary/aromatic N) is 1. The van der Waals surface area contributed by atoms with Gasteiger partial charge in [-0.05, 0) is 37.0 Å². The smallest absolute Gasteiger partial charge is 0.227 e. The van der Waals surface area contributed by atoms with Crippen LogP contribution in [-0.2, 0) is 4.79 Å². The van der Waals surface area contributed by atoms with Crippen molar-refractivity contribution >= 4 is 23.2 Å². The number of carbonyl (C=O) groups is 1. The van der Waals surface area contributed by atoms with Gasteiger partial charge in [0.15, 0.2) is 0 Å². The molecule has 1 unspecified atom stereocenters. The maximum atomic E-state index is 13.3. The third kappa shape index (κ3) is 4.48. The highest BCUT2D eigenvalue weighted by atomic mass is 35.5. The highest BCUT2D eigenvalue weighted by Gasteiger charge is 2.25. The van der Waals surface area contributed by atoms with E-state index in [0.29, 0.717) is 12.1 Å². The molecule has 1 aromatic rings. The van der Waals surface area contributed by atoms with E-state index >= 15 is 0 Å². The van der Waals surface area contributed by atoms with E-state index in [1.807, 2.05) is 34.6 Å². The maximum absolute atomic E-state index is 13.3. The highest BCUT2D eigenvalue weighted by Crippen LogP contribution is 2.28. The Morgan fingerprint density at radius 2 is 2.00 bits per heavy atom. The SMILES string of the molecule is CCC(C)N(C(=O)CC(C)(C)C)c1ccc(F)c(Cl)c1. The van der Waals surface area contributed by atoms with E-state index in [9.17, 15) is 9.18 Å². The molecule has 0 radical (unpaired) electrons. The van der Waals surface area contributed by atoms with Gasteiger partial charge in [-0.3, -0.25) is 4.79 Å². The average Bonchev–Trinajstić information content (AvgIpc) is 2.31. The first-order valence-corrected chi connectivity index (χ1v) is 7.30. The number of amides is 1. The molecule has 1 rings (SSSR count). The van der Waals surface area contributed by atoms with Gasteiger partial charge in [-0.25, -0.2) is 4.39 Å². The molecular weight excluding hydrogens is 277 g/mol. The van der Waals surface area contributed by atoms with Crippen molar-refractivity contribution in [2.75, 3.05) is 4.90 Å². The summed E-state index contributed by atoms with van der Waals surface area (Å²) in [6.45, 7) is 10.1. The van der Waals surface area contributed by atoms with Gasteiger partial charge in [-0.2, -0.15) is 0 Å². The van der Waals surface area contributed by atoms with Crippen molar-refractivity contribution in [3.8, 4) is 0 Å². The molecule has 0 saturated carbocycles. The molecule has 0 aliphatic rings. The molecule has 1 amide bonds. The summed E-state index contributed by atoms with van der Waals surface area (Å²) in [7, 11) is 0. The Balaban J connectivity index is 3.12. The number of rotatable bonds is 4. The van der Waals surface area contributed by atoms with Gasteiger partial charge >= 0.3 is 0 Å². The van der Waals surface area contributed by atoms with Gasteiger partial charge in [-0.15, -0.1) is 0 Å². The lowest BCUT2D eigenvalue weighted by molar-refractivity contribution is -0.120. The lowest BCUT2D eigenvalue weighted by atomic mass is 9.91. The molecule has 0 spiro atoms. The molecule has 0 fully saturated rings. The summed E-state index contributed by atoms with van der Waals surface area (Å²) in [4.78, 5) is 14.3. The minimum Gasteiger partial charge on any atom is -0.310 e. The number of anilines is 1. The fourth-order valence-corrected chi connectivity index (χ4v) is 2.18. The summed E-state index contributed by atoms with van der Waals surface area (Å²) in [5.74, 6) is -0.433. The van der Waals surface area contributed by atoms with Gasteiger partial charge in [-0.1, -0.05) is 39.3 Å².